The summed E-state index contributed by atoms with van der Waals surface area (Å²) in [5.74, 6) is 0.589. The monoisotopic (exact) mass is 371 g/mol. The number of rotatable bonds is 4. The first kappa shape index (κ1) is 17.3. The summed E-state index contributed by atoms with van der Waals surface area (Å²) >= 11 is 0. The maximum atomic E-state index is 12.1. The third-order valence-electron chi connectivity index (χ3n) is 4.23. The van der Waals surface area contributed by atoms with Crippen LogP contribution in [0.5, 0.6) is 5.75 Å². The molecular formula is C17H17N5O5. The van der Waals surface area contributed by atoms with Crippen LogP contribution in [-0.2, 0) is 4.74 Å². The fraction of sp³-hybridized carbons (Fsp3) is 0.294. The van der Waals surface area contributed by atoms with Gasteiger partial charge in [-0.3, -0.25) is 9.88 Å². The Hall–Kier alpha value is -3.08. The number of benzene rings is 1. The lowest BCUT2D eigenvalue weighted by molar-refractivity contribution is -0.0432. The standard InChI is InChI=1S/C17H17N5O5/c23-7-12-11(24)6-13(27-12)22-9-20-14-15(18-8-19-16(14)22)21-17(25)26-10-4-2-1-3-5-10/h1-5,8-9,11-13,23-24H,6-7H2,(H,18,19,21,25)/t11?,12-,13-/m1/s1. The van der Waals surface area contributed by atoms with Gasteiger partial charge in [-0.2, -0.15) is 0 Å². The molecule has 3 N–H and O–H groups in total. The molecule has 4 rings (SSSR count). The van der Waals surface area contributed by atoms with Gasteiger partial charge in [0.05, 0.1) is 19.0 Å². The number of aliphatic hydroxyl groups is 2. The molecule has 2 aromatic heterocycles. The summed E-state index contributed by atoms with van der Waals surface area (Å²) in [5.41, 5.74) is 0.781. The van der Waals surface area contributed by atoms with E-state index >= 15 is 0 Å². The van der Waals surface area contributed by atoms with E-state index in [1.807, 2.05) is 6.07 Å². The lowest BCUT2D eigenvalue weighted by Crippen LogP contribution is -2.24. The summed E-state index contributed by atoms with van der Waals surface area (Å²) in [5, 5.41) is 21.7. The Morgan fingerprint density at radius 3 is 2.85 bits per heavy atom. The first-order valence-electron chi connectivity index (χ1n) is 8.31. The van der Waals surface area contributed by atoms with Gasteiger partial charge < -0.3 is 19.7 Å². The number of carbonyl (C=O) groups excluding carboxylic acids is 1. The normalized spacial score (nSPS) is 22.1. The number of nitrogens with one attached hydrogen (secondary N) is 1. The molecule has 0 aliphatic carbocycles. The summed E-state index contributed by atoms with van der Waals surface area (Å²) in [4.78, 5) is 24.6. The molecule has 1 amide bonds. The molecule has 1 saturated heterocycles. The zero-order chi connectivity index (χ0) is 18.8. The average molecular weight is 371 g/mol. The number of anilines is 1. The molecule has 140 valence electrons. The van der Waals surface area contributed by atoms with Gasteiger partial charge in [0.1, 0.15) is 24.4 Å². The Labute approximate surface area is 153 Å². The van der Waals surface area contributed by atoms with Gasteiger partial charge in [-0.05, 0) is 12.1 Å². The van der Waals surface area contributed by atoms with E-state index in [-0.39, 0.29) is 12.4 Å². The number of aromatic nitrogens is 4. The number of carbonyl (C=O) groups is 1. The summed E-state index contributed by atoms with van der Waals surface area (Å²) in [6, 6.07) is 8.63. The van der Waals surface area contributed by atoms with Crippen molar-refractivity contribution in [2.45, 2.75) is 24.9 Å². The van der Waals surface area contributed by atoms with Crippen LogP contribution in [-0.4, -0.2) is 54.6 Å². The minimum atomic E-state index is -0.780. The molecule has 1 aliphatic heterocycles. The number of hydrogen-bond acceptors (Lipinski definition) is 8. The predicted molar refractivity (Wildman–Crippen MR) is 93.0 cm³/mol. The average Bonchev–Trinajstić information content (AvgIpc) is 3.26. The molecule has 1 aliphatic rings. The molecule has 27 heavy (non-hydrogen) atoms. The fourth-order valence-electron chi connectivity index (χ4n) is 2.92. The van der Waals surface area contributed by atoms with Crippen LogP contribution >= 0.6 is 0 Å². The number of amides is 1. The van der Waals surface area contributed by atoms with Crippen molar-refractivity contribution in [3.8, 4) is 5.75 Å². The third-order valence-corrected chi connectivity index (χ3v) is 4.23. The van der Waals surface area contributed by atoms with Crippen molar-refractivity contribution in [1.29, 1.82) is 0 Å². The number of para-hydroxylation sites is 1. The molecule has 1 aromatic carbocycles. The van der Waals surface area contributed by atoms with E-state index in [1.54, 1.807) is 28.8 Å². The van der Waals surface area contributed by atoms with E-state index < -0.39 is 24.5 Å². The molecule has 0 saturated carbocycles. The molecule has 3 aromatic rings. The predicted octanol–water partition coefficient (Wildman–Crippen LogP) is 1.08. The molecule has 3 atom stereocenters. The highest BCUT2D eigenvalue weighted by molar-refractivity contribution is 5.94. The molecule has 0 bridgehead atoms. The summed E-state index contributed by atoms with van der Waals surface area (Å²) in [6.07, 6.45) is 0.396. The molecular weight excluding hydrogens is 354 g/mol. The van der Waals surface area contributed by atoms with Crippen LogP contribution in [0.15, 0.2) is 43.0 Å². The number of fused-ring (bicyclic) bond motifs is 1. The summed E-state index contributed by atoms with van der Waals surface area (Å²) in [7, 11) is 0. The zero-order valence-electron chi connectivity index (χ0n) is 14.1. The van der Waals surface area contributed by atoms with Gasteiger partial charge in [0, 0.05) is 6.42 Å². The number of ether oxygens (including phenoxy) is 2. The first-order chi connectivity index (χ1) is 13.2. The second-order valence-corrected chi connectivity index (χ2v) is 5.99. The molecule has 10 nitrogen and oxygen atoms in total. The highest BCUT2D eigenvalue weighted by Gasteiger charge is 2.35. The molecule has 1 unspecified atom stereocenters. The maximum Gasteiger partial charge on any atom is 0.418 e. The van der Waals surface area contributed by atoms with Crippen molar-refractivity contribution in [2.24, 2.45) is 0 Å². The van der Waals surface area contributed by atoms with Crippen LogP contribution in [0.1, 0.15) is 12.6 Å². The van der Waals surface area contributed by atoms with Gasteiger partial charge >= 0.3 is 6.09 Å². The van der Waals surface area contributed by atoms with Crippen molar-refractivity contribution >= 4 is 23.1 Å². The van der Waals surface area contributed by atoms with Crippen LogP contribution in [0.2, 0.25) is 0 Å². The minimum absolute atomic E-state index is 0.192. The van der Waals surface area contributed by atoms with Crippen molar-refractivity contribution in [2.75, 3.05) is 11.9 Å². The number of aliphatic hydroxyl groups excluding tert-OH is 2. The second-order valence-electron chi connectivity index (χ2n) is 5.99. The topological polar surface area (TPSA) is 132 Å². The number of nitrogens with zero attached hydrogens (tertiary/aromatic N) is 4. The second kappa shape index (κ2) is 7.27. The van der Waals surface area contributed by atoms with E-state index in [2.05, 4.69) is 20.3 Å². The lowest BCUT2D eigenvalue weighted by Gasteiger charge is -2.13. The van der Waals surface area contributed by atoms with Gasteiger partial charge in [0.25, 0.3) is 0 Å². The van der Waals surface area contributed by atoms with Gasteiger partial charge in [-0.25, -0.2) is 19.7 Å². The molecule has 0 spiro atoms. The molecule has 3 heterocycles. The minimum Gasteiger partial charge on any atom is -0.410 e. The van der Waals surface area contributed by atoms with E-state index in [0.717, 1.165) is 0 Å². The van der Waals surface area contributed by atoms with Crippen LogP contribution in [0.4, 0.5) is 10.6 Å². The maximum absolute atomic E-state index is 12.1. The largest absolute Gasteiger partial charge is 0.418 e. The smallest absolute Gasteiger partial charge is 0.410 e. The summed E-state index contributed by atoms with van der Waals surface area (Å²) < 4.78 is 12.4. The van der Waals surface area contributed by atoms with Gasteiger partial charge in [0.2, 0.25) is 0 Å². The van der Waals surface area contributed by atoms with Gasteiger partial charge in [0.15, 0.2) is 17.0 Å². The van der Waals surface area contributed by atoms with Gasteiger partial charge in [-0.1, -0.05) is 18.2 Å². The van der Waals surface area contributed by atoms with Crippen molar-refractivity contribution < 1.29 is 24.5 Å². The Balaban J connectivity index is 1.55. The van der Waals surface area contributed by atoms with Crippen molar-refractivity contribution in [3.05, 3.63) is 43.0 Å². The fourth-order valence-corrected chi connectivity index (χ4v) is 2.92. The number of hydrogen-bond donors (Lipinski definition) is 3. The van der Waals surface area contributed by atoms with Crippen LogP contribution in [0.25, 0.3) is 11.2 Å². The SMILES string of the molecule is O=C(Nc1ncnc2c1ncn2[C@H]1CC(O)[C@@H](CO)O1)Oc1ccccc1. The molecule has 10 heteroatoms. The summed E-state index contributed by atoms with van der Waals surface area (Å²) in [6.45, 7) is -0.280. The lowest BCUT2D eigenvalue weighted by atomic mass is 10.2. The number of imidazole rings is 1. The van der Waals surface area contributed by atoms with E-state index in [9.17, 15) is 15.0 Å². The first-order valence-corrected chi connectivity index (χ1v) is 8.31. The molecule has 0 radical (unpaired) electrons. The van der Waals surface area contributed by atoms with E-state index in [1.165, 1.54) is 12.7 Å². The van der Waals surface area contributed by atoms with E-state index in [0.29, 0.717) is 23.3 Å². The van der Waals surface area contributed by atoms with Crippen LogP contribution in [0, 0.1) is 0 Å². The highest BCUT2D eigenvalue weighted by atomic mass is 16.6. The van der Waals surface area contributed by atoms with Crippen LogP contribution < -0.4 is 10.1 Å². The van der Waals surface area contributed by atoms with Crippen molar-refractivity contribution in [3.63, 3.8) is 0 Å². The van der Waals surface area contributed by atoms with E-state index in [4.69, 9.17) is 9.47 Å². The molecule has 1 fully saturated rings. The Kier molecular flexibility index (Phi) is 4.67. The Morgan fingerprint density at radius 1 is 1.30 bits per heavy atom. The van der Waals surface area contributed by atoms with Gasteiger partial charge in [-0.15, -0.1) is 0 Å². The zero-order valence-corrected chi connectivity index (χ0v) is 14.1. The highest BCUT2D eigenvalue weighted by Crippen LogP contribution is 2.31. The Bertz CT molecular complexity index is 947. The quantitative estimate of drug-likeness (QED) is 0.621. The van der Waals surface area contributed by atoms with Crippen molar-refractivity contribution in [1.82, 2.24) is 19.5 Å². The Morgan fingerprint density at radius 2 is 2.11 bits per heavy atom. The third kappa shape index (κ3) is 3.45. The van der Waals surface area contributed by atoms with Crippen LogP contribution in [0.3, 0.4) is 0 Å².